The van der Waals surface area contributed by atoms with Gasteiger partial charge in [0, 0.05) is 12.0 Å². The molecule has 0 aliphatic rings. The number of anilines is 1. The van der Waals surface area contributed by atoms with Crippen molar-refractivity contribution in [2.75, 3.05) is 18.5 Å². The molecule has 27 heavy (non-hydrogen) atoms. The topological polar surface area (TPSA) is 107 Å². The van der Waals surface area contributed by atoms with Crippen molar-refractivity contribution >= 4 is 11.6 Å². The lowest BCUT2D eigenvalue weighted by atomic mass is 10.0. The first-order valence-electron chi connectivity index (χ1n) is 7.95. The van der Waals surface area contributed by atoms with Crippen molar-refractivity contribution in [3.8, 4) is 6.07 Å². The molecule has 0 saturated carbocycles. The Morgan fingerprint density at radius 1 is 1.26 bits per heavy atom. The third kappa shape index (κ3) is 5.62. The van der Waals surface area contributed by atoms with Crippen LogP contribution < -0.4 is 16.5 Å². The number of alkyl halides is 2. The molecular formula is C18H18F3N5O. The molecule has 2 rings (SSSR count). The van der Waals surface area contributed by atoms with E-state index in [1.54, 1.807) is 6.07 Å². The minimum absolute atomic E-state index is 0.0162. The fraction of sp³-hybridized carbons (Fsp3) is 0.222. The van der Waals surface area contributed by atoms with Crippen LogP contribution >= 0.6 is 0 Å². The quantitative estimate of drug-likeness (QED) is 0.245. The van der Waals surface area contributed by atoms with Gasteiger partial charge in [0.05, 0.1) is 30.5 Å². The first-order valence-corrected chi connectivity index (χ1v) is 7.95. The summed E-state index contributed by atoms with van der Waals surface area (Å²) >= 11 is 0. The van der Waals surface area contributed by atoms with Crippen LogP contribution in [-0.4, -0.2) is 19.1 Å². The minimum atomic E-state index is -3.22. The Balaban J connectivity index is 2.16. The number of guanidine groups is 1. The Labute approximate surface area is 154 Å². The molecule has 0 atom stereocenters. The molecule has 0 heterocycles. The predicted molar refractivity (Wildman–Crippen MR) is 94.6 cm³/mol. The first-order chi connectivity index (χ1) is 12.8. The molecule has 0 aliphatic carbocycles. The highest BCUT2D eigenvalue weighted by Gasteiger charge is 2.31. The molecule has 0 aliphatic heterocycles. The summed E-state index contributed by atoms with van der Waals surface area (Å²) in [4.78, 5) is 4.90. The van der Waals surface area contributed by atoms with Crippen molar-refractivity contribution in [3.05, 3.63) is 65.0 Å². The molecule has 6 nitrogen and oxygen atoms in total. The summed E-state index contributed by atoms with van der Waals surface area (Å²) in [6.07, 6.45) is 0.103. The molecule has 0 fully saturated rings. The van der Waals surface area contributed by atoms with E-state index in [0.29, 0.717) is 5.56 Å². The zero-order chi connectivity index (χ0) is 19.9. The highest BCUT2D eigenvalue weighted by atomic mass is 19.3. The van der Waals surface area contributed by atoms with E-state index >= 15 is 0 Å². The van der Waals surface area contributed by atoms with Crippen molar-refractivity contribution in [2.45, 2.75) is 12.3 Å². The maximum atomic E-state index is 14.3. The van der Waals surface area contributed by atoms with E-state index in [4.69, 9.17) is 21.2 Å². The van der Waals surface area contributed by atoms with Crippen molar-refractivity contribution in [3.63, 3.8) is 0 Å². The maximum Gasteiger partial charge on any atom is 0.290 e. The zero-order valence-electron chi connectivity index (χ0n) is 14.2. The fourth-order valence-corrected chi connectivity index (χ4v) is 2.40. The standard InChI is InChI=1S/C18H18F3N5O/c19-15-9-12(10-22)8-13(6-7-27-26-17(23)24)16(15)25-11-18(20,21)14-4-2-1-3-5-14/h1-5,8-9,25H,6-7,11H2,(H4,23,24,26). The summed E-state index contributed by atoms with van der Waals surface area (Å²) < 4.78 is 43.0. The van der Waals surface area contributed by atoms with Crippen LogP contribution in [0.5, 0.6) is 0 Å². The number of nitrogens with zero attached hydrogens (tertiary/aromatic N) is 1. The third-order valence-electron chi connectivity index (χ3n) is 3.64. The van der Waals surface area contributed by atoms with Crippen molar-refractivity contribution in [1.82, 2.24) is 5.48 Å². The summed E-state index contributed by atoms with van der Waals surface area (Å²) in [5.74, 6) is -4.44. The highest BCUT2D eigenvalue weighted by Crippen LogP contribution is 2.30. The van der Waals surface area contributed by atoms with Gasteiger partial charge in [0.1, 0.15) is 5.82 Å². The van der Waals surface area contributed by atoms with Gasteiger partial charge in [-0.1, -0.05) is 30.3 Å². The number of rotatable bonds is 8. The van der Waals surface area contributed by atoms with Gasteiger partial charge in [0.2, 0.25) is 5.96 Å². The van der Waals surface area contributed by atoms with Gasteiger partial charge in [-0.2, -0.15) is 14.0 Å². The van der Waals surface area contributed by atoms with Gasteiger partial charge >= 0.3 is 0 Å². The van der Waals surface area contributed by atoms with Gasteiger partial charge in [0.25, 0.3) is 5.92 Å². The Bertz CT molecular complexity index is 837. The monoisotopic (exact) mass is 377 g/mol. The lowest BCUT2D eigenvalue weighted by Crippen LogP contribution is -2.31. The summed E-state index contributed by atoms with van der Waals surface area (Å²) in [6.45, 7) is -0.836. The number of hydrogen-bond donors (Lipinski definition) is 4. The molecule has 2 aromatic rings. The normalized spacial score (nSPS) is 10.9. The third-order valence-corrected chi connectivity index (χ3v) is 3.64. The van der Waals surface area contributed by atoms with Crippen LogP contribution in [-0.2, 0) is 17.2 Å². The number of nitrogens with two attached hydrogens (primary N) is 1. The van der Waals surface area contributed by atoms with Crippen molar-refractivity contribution < 1.29 is 18.0 Å². The maximum absolute atomic E-state index is 14.3. The van der Waals surface area contributed by atoms with Gasteiger partial charge in [0.15, 0.2) is 0 Å². The smallest absolute Gasteiger partial charge is 0.290 e. The number of nitrogens with one attached hydrogen (secondary N) is 3. The van der Waals surface area contributed by atoms with E-state index < -0.39 is 24.2 Å². The van der Waals surface area contributed by atoms with E-state index in [1.807, 2.05) is 6.07 Å². The van der Waals surface area contributed by atoms with Crippen LogP contribution in [0.3, 0.4) is 0 Å². The van der Waals surface area contributed by atoms with Gasteiger partial charge in [-0.25, -0.2) is 9.87 Å². The molecule has 0 aromatic heterocycles. The summed E-state index contributed by atoms with van der Waals surface area (Å²) in [7, 11) is 0. The van der Waals surface area contributed by atoms with E-state index in [1.165, 1.54) is 30.3 Å². The molecule has 0 saturated heterocycles. The average molecular weight is 377 g/mol. The first kappa shape index (κ1) is 20.1. The van der Waals surface area contributed by atoms with Crippen LogP contribution in [0.4, 0.5) is 18.9 Å². The van der Waals surface area contributed by atoms with Crippen LogP contribution in [0.1, 0.15) is 16.7 Å². The largest absolute Gasteiger partial charge is 0.376 e. The molecule has 9 heteroatoms. The zero-order valence-corrected chi connectivity index (χ0v) is 14.2. The highest BCUT2D eigenvalue weighted by molar-refractivity contribution is 5.72. The fourth-order valence-electron chi connectivity index (χ4n) is 2.40. The lowest BCUT2D eigenvalue weighted by molar-refractivity contribution is 0.0105. The molecule has 0 amide bonds. The van der Waals surface area contributed by atoms with Gasteiger partial charge in [-0.05, 0) is 17.7 Å². The predicted octanol–water partition coefficient (Wildman–Crippen LogP) is 2.86. The SMILES string of the molecule is N#Cc1cc(F)c(NCC(F)(F)c2ccccc2)c(CCONC(=N)N)c1. The Morgan fingerprint density at radius 3 is 2.59 bits per heavy atom. The van der Waals surface area contributed by atoms with Gasteiger partial charge in [-0.15, -0.1) is 0 Å². The number of nitriles is 1. The van der Waals surface area contributed by atoms with Gasteiger partial charge < -0.3 is 11.1 Å². The average Bonchev–Trinajstić information content (AvgIpc) is 2.64. The summed E-state index contributed by atoms with van der Waals surface area (Å²) in [5, 5.41) is 18.4. The van der Waals surface area contributed by atoms with Crippen LogP contribution in [0, 0.1) is 22.6 Å². The van der Waals surface area contributed by atoms with E-state index in [0.717, 1.165) is 6.07 Å². The van der Waals surface area contributed by atoms with Crippen molar-refractivity contribution in [1.29, 1.82) is 10.7 Å². The minimum Gasteiger partial charge on any atom is -0.376 e. The lowest BCUT2D eigenvalue weighted by Gasteiger charge is -2.20. The second kappa shape index (κ2) is 8.91. The van der Waals surface area contributed by atoms with E-state index in [2.05, 4.69) is 10.8 Å². The number of hydrogen-bond acceptors (Lipinski definition) is 4. The molecule has 142 valence electrons. The molecule has 0 radical (unpaired) electrons. The van der Waals surface area contributed by atoms with Crippen LogP contribution in [0.25, 0.3) is 0 Å². The molecular weight excluding hydrogens is 359 g/mol. The number of halogens is 3. The second-order valence-corrected chi connectivity index (χ2v) is 5.64. The molecule has 0 spiro atoms. The molecule has 0 unspecified atom stereocenters. The molecule has 5 N–H and O–H groups in total. The Kier molecular flexibility index (Phi) is 6.62. The van der Waals surface area contributed by atoms with Crippen LogP contribution in [0.2, 0.25) is 0 Å². The Hall–Kier alpha value is -3.25. The molecule has 2 aromatic carbocycles. The van der Waals surface area contributed by atoms with E-state index in [-0.39, 0.29) is 29.8 Å². The van der Waals surface area contributed by atoms with Gasteiger partial charge in [-0.3, -0.25) is 10.2 Å². The second-order valence-electron chi connectivity index (χ2n) is 5.64. The van der Waals surface area contributed by atoms with Crippen LogP contribution in [0.15, 0.2) is 42.5 Å². The molecule has 0 bridgehead atoms. The summed E-state index contributed by atoms with van der Waals surface area (Å²) in [5.41, 5.74) is 7.22. The Morgan fingerprint density at radius 2 is 1.96 bits per heavy atom. The van der Waals surface area contributed by atoms with E-state index in [9.17, 15) is 13.2 Å². The number of hydroxylamine groups is 1. The van der Waals surface area contributed by atoms with Crippen molar-refractivity contribution in [2.24, 2.45) is 5.73 Å². The summed E-state index contributed by atoms with van der Waals surface area (Å²) in [6, 6.07) is 11.4. The number of benzene rings is 2.